The molecule has 0 amide bonds. The van der Waals surface area contributed by atoms with Gasteiger partial charge in [-0.15, -0.1) is 0 Å². The van der Waals surface area contributed by atoms with E-state index >= 15 is 0 Å². The van der Waals surface area contributed by atoms with Gasteiger partial charge < -0.3 is 10.4 Å². The zero-order chi connectivity index (χ0) is 12.0. The molecule has 3 atom stereocenters. The Hall–Kier alpha value is 0.270. The van der Waals surface area contributed by atoms with E-state index < -0.39 is 0 Å². The van der Waals surface area contributed by atoms with Gasteiger partial charge in [0.15, 0.2) is 0 Å². The quantitative estimate of drug-likeness (QED) is 0.723. The Balaban J connectivity index is 2.33. The van der Waals surface area contributed by atoms with E-state index in [-0.39, 0.29) is 5.54 Å². The van der Waals surface area contributed by atoms with Crippen LogP contribution in [0.15, 0.2) is 0 Å². The van der Waals surface area contributed by atoms with Crippen molar-refractivity contribution in [1.82, 2.24) is 5.32 Å². The zero-order valence-corrected chi connectivity index (χ0v) is 11.8. The standard InChI is InChI=1S/C13H27NOS/c1-4-11(3)9-16-12-6-7-13(8-12,10-15)14-5-2/h11-12,14-15H,4-10H2,1-3H3. The van der Waals surface area contributed by atoms with Crippen LogP contribution in [0.25, 0.3) is 0 Å². The maximum absolute atomic E-state index is 9.52. The summed E-state index contributed by atoms with van der Waals surface area (Å²) in [5.41, 5.74) is 0.0296. The summed E-state index contributed by atoms with van der Waals surface area (Å²) in [5.74, 6) is 2.10. The van der Waals surface area contributed by atoms with Crippen molar-refractivity contribution in [3.63, 3.8) is 0 Å². The zero-order valence-electron chi connectivity index (χ0n) is 11.0. The van der Waals surface area contributed by atoms with E-state index in [0.29, 0.717) is 6.61 Å². The molecule has 0 radical (unpaired) electrons. The lowest BCUT2D eigenvalue weighted by molar-refractivity contribution is 0.167. The molecule has 0 saturated heterocycles. The minimum atomic E-state index is 0.0296. The molecule has 2 N–H and O–H groups in total. The Kier molecular flexibility index (Phi) is 6.16. The van der Waals surface area contributed by atoms with Crippen LogP contribution in [-0.2, 0) is 0 Å². The Morgan fingerprint density at radius 1 is 1.50 bits per heavy atom. The first-order valence-electron chi connectivity index (χ1n) is 6.63. The Morgan fingerprint density at radius 2 is 2.25 bits per heavy atom. The van der Waals surface area contributed by atoms with Gasteiger partial charge >= 0.3 is 0 Å². The van der Waals surface area contributed by atoms with Crippen molar-refractivity contribution in [2.75, 3.05) is 18.9 Å². The number of aliphatic hydroxyl groups excluding tert-OH is 1. The number of hydrogen-bond acceptors (Lipinski definition) is 3. The minimum absolute atomic E-state index is 0.0296. The van der Waals surface area contributed by atoms with Gasteiger partial charge in [0, 0.05) is 10.8 Å². The van der Waals surface area contributed by atoms with Gasteiger partial charge in [-0.2, -0.15) is 11.8 Å². The molecule has 0 aromatic carbocycles. The van der Waals surface area contributed by atoms with Gasteiger partial charge in [0.1, 0.15) is 0 Å². The number of hydrogen-bond donors (Lipinski definition) is 2. The van der Waals surface area contributed by atoms with Gasteiger partial charge in [0.25, 0.3) is 0 Å². The predicted molar refractivity (Wildman–Crippen MR) is 73.0 cm³/mol. The van der Waals surface area contributed by atoms with E-state index in [2.05, 4.69) is 37.8 Å². The van der Waals surface area contributed by atoms with Gasteiger partial charge in [0.2, 0.25) is 0 Å². The van der Waals surface area contributed by atoms with Crippen LogP contribution in [0.5, 0.6) is 0 Å². The topological polar surface area (TPSA) is 32.3 Å². The van der Waals surface area contributed by atoms with Crippen molar-refractivity contribution >= 4 is 11.8 Å². The number of aliphatic hydroxyl groups is 1. The second-order valence-electron chi connectivity index (χ2n) is 5.18. The lowest BCUT2D eigenvalue weighted by Crippen LogP contribution is -2.46. The largest absolute Gasteiger partial charge is 0.394 e. The molecule has 0 spiro atoms. The third-order valence-corrected chi connectivity index (χ3v) is 5.37. The van der Waals surface area contributed by atoms with Gasteiger partial charge in [-0.25, -0.2) is 0 Å². The first kappa shape index (κ1) is 14.3. The third-order valence-electron chi connectivity index (χ3n) is 3.73. The number of nitrogens with one attached hydrogen (secondary N) is 1. The monoisotopic (exact) mass is 245 g/mol. The normalized spacial score (nSPS) is 31.9. The fraction of sp³-hybridized carbons (Fsp3) is 1.00. The maximum atomic E-state index is 9.52. The molecule has 1 aliphatic carbocycles. The Labute approximate surface area is 105 Å². The van der Waals surface area contributed by atoms with Crippen molar-refractivity contribution in [3.05, 3.63) is 0 Å². The molecular weight excluding hydrogens is 218 g/mol. The first-order chi connectivity index (χ1) is 7.65. The van der Waals surface area contributed by atoms with Gasteiger partial charge in [0.05, 0.1) is 6.61 Å². The van der Waals surface area contributed by atoms with Crippen LogP contribution in [0.2, 0.25) is 0 Å². The third kappa shape index (κ3) is 3.94. The summed E-state index contributed by atoms with van der Waals surface area (Å²) in [5, 5.41) is 13.7. The van der Waals surface area contributed by atoms with Crippen LogP contribution in [0.3, 0.4) is 0 Å². The summed E-state index contributed by atoms with van der Waals surface area (Å²) in [6.45, 7) is 7.96. The molecule has 16 heavy (non-hydrogen) atoms. The number of likely N-dealkylation sites (N-methyl/N-ethyl adjacent to an activating group) is 1. The summed E-state index contributed by atoms with van der Waals surface area (Å²) < 4.78 is 0. The van der Waals surface area contributed by atoms with E-state index in [1.54, 1.807) is 0 Å². The number of rotatable bonds is 7. The smallest absolute Gasteiger partial charge is 0.0613 e. The van der Waals surface area contributed by atoms with Crippen LogP contribution in [-0.4, -0.2) is 34.8 Å². The number of thioether (sulfide) groups is 1. The molecule has 3 heteroatoms. The Morgan fingerprint density at radius 3 is 2.81 bits per heavy atom. The molecule has 1 saturated carbocycles. The average Bonchev–Trinajstić information content (AvgIpc) is 2.71. The predicted octanol–water partition coefficient (Wildman–Crippen LogP) is 2.66. The van der Waals surface area contributed by atoms with Crippen molar-refractivity contribution in [1.29, 1.82) is 0 Å². The van der Waals surface area contributed by atoms with E-state index in [9.17, 15) is 5.11 Å². The first-order valence-corrected chi connectivity index (χ1v) is 7.68. The van der Waals surface area contributed by atoms with Crippen LogP contribution < -0.4 is 5.32 Å². The molecular formula is C13H27NOS. The van der Waals surface area contributed by atoms with Crippen molar-refractivity contribution in [3.8, 4) is 0 Å². The minimum Gasteiger partial charge on any atom is -0.394 e. The van der Waals surface area contributed by atoms with E-state index in [0.717, 1.165) is 30.6 Å². The van der Waals surface area contributed by atoms with Crippen LogP contribution in [0.4, 0.5) is 0 Å². The lowest BCUT2D eigenvalue weighted by Gasteiger charge is -2.28. The highest BCUT2D eigenvalue weighted by molar-refractivity contribution is 7.99. The maximum Gasteiger partial charge on any atom is 0.0613 e. The SMILES string of the molecule is CCNC1(CO)CCC(SCC(C)CC)C1. The van der Waals surface area contributed by atoms with Gasteiger partial charge in [-0.05, 0) is 37.5 Å². The molecule has 0 bridgehead atoms. The fourth-order valence-electron chi connectivity index (χ4n) is 2.37. The molecule has 96 valence electrons. The lowest BCUT2D eigenvalue weighted by atomic mass is 9.99. The molecule has 0 aliphatic heterocycles. The summed E-state index contributed by atoms with van der Waals surface area (Å²) in [7, 11) is 0. The second kappa shape index (κ2) is 6.87. The van der Waals surface area contributed by atoms with E-state index in [1.165, 1.54) is 18.6 Å². The van der Waals surface area contributed by atoms with Crippen molar-refractivity contribution in [2.45, 2.75) is 57.2 Å². The van der Waals surface area contributed by atoms with E-state index in [4.69, 9.17) is 0 Å². The summed E-state index contributed by atoms with van der Waals surface area (Å²) in [6.07, 6.45) is 4.81. The second-order valence-corrected chi connectivity index (χ2v) is 6.51. The van der Waals surface area contributed by atoms with Gasteiger partial charge in [-0.3, -0.25) is 0 Å². The highest BCUT2D eigenvalue weighted by Crippen LogP contribution is 2.37. The highest BCUT2D eigenvalue weighted by atomic mass is 32.2. The Bertz CT molecular complexity index is 200. The van der Waals surface area contributed by atoms with Crippen LogP contribution in [0, 0.1) is 5.92 Å². The van der Waals surface area contributed by atoms with Crippen LogP contribution >= 0.6 is 11.8 Å². The van der Waals surface area contributed by atoms with Gasteiger partial charge in [-0.1, -0.05) is 27.2 Å². The average molecular weight is 245 g/mol. The summed E-state index contributed by atoms with van der Waals surface area (Å²) in [4.78, 5) is 0. The molecule has 2 nitrogen and oxygen atoms in total. The van der Waals surface area contributed by atoms with Crippen molar-refractivity contribution in [2.24, 2.45) is 5.92 Å². The molecule has 0 heterocycles. The molecule has 3 unspecified atom stereocenters. The van der Waals surface area contributed by atoms with Crippen LogP contribution in [0.1, 0.15) is 46.5 Å². The highest BCUT2D eigenvalue weighted by Gasteiger charge is 2.37. The summed E-state index contributed by atoms with van der Waals surface area (Å²) >= 11 is 2.11. The molecule has 0 aromatic rings. The molecule has 1 rings (SSSR count). The molecule has 1 aliphatic rings. The van der Waals surface area contributed by atoms with Crippen molar-refractivity contribution < 1.29 is 5.11 Å². The fourth-order valence-corrected chi connectivity index (χ4v) is 3.93. The molecule has 1 fully saturated rings. The van der Waals surface area contributed by atoms with E-state index in [1.807, 2.05) is 0 Å². The molecule has 0 aromatic heterocycles. The summed E-state index contributed by atoms with van der Waals surface area (Å²) in [6, 6.07) is 0.